The number of hydrogen-bond donors (Lipinski definition) is 1. The summed E-state index contributed by atoms with van der Waals surface area (Å²) in [7, 11) is 1.66. The molecule has 0 bridgehead atoms. The second-order valence-corrected chi connectivity index (χ2v) is 6.09. The minimum atomic E-state index is -0.0622. The van der Waals surface area contributed by atoms with Gasteiger partial charge in [0.25, 0.3) is 5.91 Å². The lowest BCUT2D eigenvalue weighted by Crippen LogP contribution is -2.28. The number of aryl methyl sites for hydroxylation is 1. The topological polar surface area (TPSA) is 38.3 Å². The lowest BCUT2D eigenvalue weighted by molar-refractivity contribution is 0.0935. The first-order valence-electron chi connectivity index (χ1n) is 7.26. The molecule has 0 heterocycles. The predicted molar refractivity (Wildman–Crippen MR) is 92.4 cm³/mol. The second kappa shape index (κ2) is 7.45. The van der Waals surface area contributed by atoms with Gasteiger partial charge in [-0.25, -0.2) is 0 Å². The molecule has 4 heteroatoms. The van der Waals surface area contributed by atoms with Crippen molar-refractivity contribution in [2.75, 3.05) is 7.11 Å². The maximum atomic E-state index is 12.4. The summed E-state index contributed by atoms with van der Waals surface area (Å²) in [4.78, 5) is 12.4. The quantitative estimate of drug-likeness (QED) is 0.841. The van der Waals surface area contributed by atoms with Crippen molar-refractivity contribution in [3.8, 4) is 5.75 Å². The summed E-state index contributed by atoms with van der Waals surface area (Å²) in [6.07, 6.45) is 0.827. The van der Waals surface area contributed by atoms with E-state index in [1.54, 1.807) is 7.11 Å². The van der Waals surface area contributed by atoms with Gasteiger partial charge in [-0.2, -0.15) is 0 Å². The van der Waals surface area contributed by atoms with E-state index >= 15 is 0 Å². The molecule has 1 N–H and O–H groups in total. The fourth-order valence-corrected chi connectivity index (χ4v) is 2.65. The second-order valence-electron chi connectivity index (χ2n) is 5.17. The first kappa shape index (κ1) is 16.6. The van der Waals surface area contributed by atoms with Crippen molar-refractivity contribution >= 4 is 21.8 Å². The fraction of sp³-hybridized carbons (Fsp3) is 0.278. The summed E-state index contributed by atoms with van der Waals surface area (Å²) in [5.74, 6) is 0.797. The molecule has 116 valence electrons. The monoisotopic (exact) mass is 361 g/mol. The highest BCUT2D eigenvalue weighted by atomic mass is 79.9. The predicted octanol–water partition coefficient (Wildman–Crippen LogP) is 4.65. The summed E-state index contributed by atoms with van der Waals surface area (Å²) in [6, 6.07) is 13.4. The van der Waals surface area contributed by atoms with Gasteiger partial charge >= 0.3 is 0 Å². The highest BCUT2D eigenvalue weighted by Gasteiger charge is 2.15. The first-order chi connectivity index (χ1) is 10.5. The number of carbonyl (C=O) groups is 1. The Hall–Kier alpha value is -1.81. The van der Waals surface area contributed by atoms with Crippen LogP contribution in [0.15, 0.2) is 46.9 Å². The average molecular weight is 362 g/mol. The van der Waals surface area contributed by atoms with Crippen molar-refractivity contribution in [2.45, 2.75) is 26.3 Å². The van der Waals surface area contributed by atoms with Crippen molar-refractivity contribution in [1.82, 2.24) is 5.32 Å². The van der Waals surface area contributed by atoms with Gasteiger partial charge in [0, 0.05) is 10.0 Å². The van der Waals surface area contributed by atoms with E-state index in [1.807, 2.05) is 43.3 Å². The van der Waals surface area contributed by atoms with Crippen LogP contribution >= 0.6 is 15.9 Å². The van der Waals surface area contributed by atoms with Crippen LogP contribution in [0.1, 0.15) is 40.9 Å². The summed E-state index contributed by atoms with van der Waals surface area (Å²) in [5.41, 5.74) is 2.81. The number of carbonyl (C=O) groups excluding carboxylic acids is 1. The fourth-order valence-electron chi connectivity index (χ4n) is 2.38. The van der Waals surface area contributed by atoms with E-state index in [4.69, 9.17) is 4.74 Å². The van der Waals surface area contributed by atoms with Crippen LogP contribution in [0.3, 0.4) is 0 Å². The van der Waals surface area contributed by atoms with E-state index in [0.717, 1.165) is 27.8 Å². The normalized spacial score (nSPS) is 11.8. The molecule has 2 rings (SSSR count). The van der Waals surface area contributed by atoms with Crippen molar-refractivity contribution in [1.29, 1.82) is 0 Å². The number of benzene rings is 2. The molecular weight excluding hydrogens is 342 g/mol. The van der Waals surface area contributed by atoms with Gasteiger partial charge in [-0.3, -0.25) is 4.79 Å². The summed E-state index contributed by atoms with van der Waals surface area (Å²) in [5, 5.41) is 3.09. The molecule has 3 nitrogen and oxygen atoms in total. The zero-order valence-corrected chi connectivity index (χ0v) is 14.6. The number of rotatable bonds is 5. The van der Waals surface area contributed by atoms with Crippen LogP contribution < -0.4 is 10.1 Å². The van der Waals surface area contributed by atoms with Gasteiger partial charge in [0.15, 0.2) is 0 Å². The average Bonchev–Trinajstić information content (AvgIpc) is 2.53. The molecule has 0 spiro atoms. The Morgan fingerprint density at radius 1 is 1.23 bits per heavy atom. The molecule has 1 atom stereocenters. The molecule has 22 heavy (non-hydrogen) atoms. The molecule has 0 saturated carbocycles. The molecule has 2 aromatic rings. The largest absolute Gasteiger partial charge is 0.496 e. The number of amides is 1. The number of ether oxygens (including phenoxy) is 1. The SMILES string of the molecule is CCC(NC(=O)c1ccc(Br)cc1)c1ccc(OC)c(C)c1. The van der Waals surface area contributed by atoms with Crippen molar-refractivity contribution < 1.29 is 9.53 Å². The third-order valence-electron chi connectivity index (χ3n) is 3.64. The molecule has 1 amide bonds. The Kier molecular flexibility index (Phi) is 5.61. The molecule has 0 radical (unpaired) electrons. The van der Waals surface area contributed by atoms with Gasteiger partial charge in [-0.05, 0) is 54.8 Å². The molecule has 0 aliphatic heterocycles. The van der Waals surface area contributed by atoms with E-state index in [0.29, 0.717) is 5.56 Å². The van der Waals surface area contributed by atoms with Gasteiger partial charge in [0.05, 0.1) is 13.2 Å². The Morgan fingerprint density at radius 3 is 2.45 bits per heavy atom. The van der Waals surface area contributed by atoms with E-state index in [1.165, 1.54) is 0 Å². The van der Waals surface area contributed by atoms with Crippen LogP contribution in [0.25, 0.3) is 0 Å². The number of halogens is 1. The number of hydrogen-bond acceptors (Lipinski definition) is 2. The Morgan fingerprint density at radius 2 is 1.91 bits per heavy atom. The molecule has 0 fully saturated rings. The standard InChI is InChI=1S/C18H20BrNO2/c1-4-16(14-7-10-17(22-3)12(2)11-14)20-18(21)13-5-8-15(19)9-6-13/h5-11,16H,4H2,1-3H3,(H,20,21). The highest BCUT2D eigenvalue weighted by Crippen LogP contribution is 2.24. The molecular formula is C18H20BrNO2. The molecule has 0 aromatic heterocycles. The Labute approximate surface area is 139 Å². The van der Waals surface area contributed by atoms with Crippen molar-refractivity contribution in [3.63, 3.8) is 0 Å². The summed E-state index contributed by atoms with van der Waals surface area (Å²) in [6.45, 7) is 4.07. The summed E-state index contributed by atoms with van der Waals surface area (Å²) >= 11 is 3.37. The van der Waals surface area contributed by atoms with E-state index in [9.17, 15) is 4.79 Å². The highest BCUT2D eigenvalue weighted by molar-refractivity contribution is 9.10. The Balaban J connectivity index is 2.16. The molecule has 0 aliphatic carbocycles. The van der Waals surface area contributed by atoms with Gasteiger partial charge in [-0.1, -0.05) is 35.0 Å². The van der Waals surface area contributed by atoms with Crippen molar-refractivity contribution in [2.24, 2.45) is 0 Å². The molecule has 0 aliphatic rings. The van der Waals surface area contributed by atoms with Crippen LogP contribution in [-0.2, 0) is 0 Å². The minimum absolute atomic E-state index is 0.0132. The smallest absolute Gasteiger partial charge is 0.251 e. The third kappa shape index (κ3) is 3.89. The zero-order valence-electron chi connectivity index (χ0n) is 13.0. The van der Waals surface area contributed by atoms with Crippen LogP contribution in [-0.4, -0.2) is 13.0 Å². The molecule has 2 aromatic carbocycles. The zero-order chi connectivity index (χ0) is 16.1. The van der Waals surface area contributed by atoms with Crippen LogP contribution in [0.5, 0.6) is 5.75 Å². The minimum Gasteiger partial charge on any atom is -0.496 e. The van der Waals surface area contributed by atoms with E-state index in [2.05, 4.69) is 34.2 Å². The first-order valence-corrected chi connectivity index (χ1v) is 8.05. The number of nitrogens with one attached hydrogen (secondary N) is 1. The van der Waals surface area contributed by atoms with E-state index in [-0.39, 0.29) is 11.9 Å². The van der Waals surface area contributed by atoms with Gasteiger partial charge < -0.3 is 10.1 Å². The third-order valence-corrected chi connectivity index (χ3v) is 4.17. The molecule has 0 saturated heterocycles. The van der Waals surface area contributed by atoms with Crippen LogP contribution in [0.2, 0.25) is 0 Å². The number of methoxy groups -OCH3 is 1. The van der Waals surface area contributed by atoms with Crippen LogP contribution in [0, 0.1) is 6.92 Å². The van der Waals surface area contributed by atoms with E-state index < -0.39 is 0 Å². The lowest BCUT2D eigenvalue weighted by atomic mass is 10.0. The van der Waals surface area contributed by atoms with Gasteiger partial charge in [-0.15, -0.1) is 0 Å². The van der Waals surface area contributed by atoms with Crippen molar-refractivity contribution in [3.05, 3.63) is 63.6 Å². The lowest BCUT2D eigenvalue weighted by Gasteiger charge is -2.19. The maximum absolute atomic E-state index is 12.4. The Bertz CT molecular complexity index is 653. The molecule has 1 unspecified atom stereocenters. The van der Waals surface area contributed by atoms with Gasteiger partial charge in [0.2, 0.25) is 0 Å². The van der Waals surface area contributed by atoms with Crippen LogP contribution in [0.4, 0.5) is 0 Å². The van der Waals surface area contributed by atoms with Gasteiger partial charge in [0.1, 0.15) is 5.75 Å². The summed E-state index contributed by atoms with van der Waals surface area (Å²) < 4.78 is 6.24. The maximum Gasteiger partial charge on any atom is 0.251 e.